The van der Waals surface area contributed by atoms with Crippen LogP contribution in [-0.4, -0.2) is 48.2 Å². The van der Waals surface area contributed by atoms with Crippen molar-refractivity contribution in [3.8, 4) is 17.2 Å². The summed E-state index contributed by atoms with van der Waals surface area (Å²) < 4.78 is 12.9. The van der Waals surface area contributed by atoms with E-state index in [1.54, 1.807) is 37.3 Å². The minimum Gasteiger partial charge on any atom is -0.497 e. The van der Waals surface area contributed by atoms with Gasteiger partial charge in [-0.15, -0.1) is 0 Å². The lowest BCUT2D eigenvalue weighted by Crippen LogP contribution is -2.48. The smallest absolute Gasteiger partial charge is 0.322 e. The number of para-hydroxylation sites is 2. The fraction of sp³-hybridized carbons (Fsp3) is 0.250. The van der Waals surface area contributed by atoms with Crippen LogP contribution in [-0.2, 0) is 4.79 Å². The summed E-state index contributed by atoms with van der Waals surface area (Å²) in [5.74, 6) is 0.993. The molecule has 0 radical (unpaired) electrons. The Morgan fingerprint density at radius 3 is 2.30 bits per heavy atom. The molecule has 1 aromatic heterocycles. The highest BCUT2D eigenvalue weighted by atomic mass is 16.5. The van der Waals surface area contributed by atoms with Crippen molar-refractivity contribution in [1.29, 1.82) is 0 Å². The summed E-state index contributed by atoms with van der Waals surface area (Å²) >= 11 is 0. The number of methoxy groups -OCH3 is 2. The molecule has 1 unspecified atom stereocenters. The Hall–Kier alpha value is -4.72. The molecule has 204 valence electrons. The summed E-state index contributed by atoms with van der Waals surface area (Å²) in [4.78, 5) is 31.4. The van der Waals surface area contributed by atoms with Crippen molar-refractivity contribution < 1.29 is 19.1 Å². The molecular formula is C32H32N4O4. The summed E-state index contributed by atoms with van der Waals surface area (Å²) in [5.41, 5.74) is 5.44. The van der Waals surface area contributed by atoms with Crippen LogP contribution in [0.3, 0.4) is 0 Å². The van der Waals surface area contributed by atoms with E-state index in [4.69, 9.17) is 9.47 Å². The van der Waals surface area contributed by atoms with Gasteiger partial charge in [0.25, 0.3) is 0 Å². The van der Waals surface area contributed by atoms with E-state index in [0.717, 1.165) is 41.0 Å². The molecule has 8 heteroatoms. The van der Waals surface area contributed by atoms with Crippen molar-refractivity contribution in [2.24, 2.45) is 0 Å². The van der Waals surface area contributed by atoms with Gasteiger partial charge in [0, 0.05) is 36.1 Å². The van der Waals surface area contributed by atoms with Gasteiger partial charge < -0.3 is 24.3 Å². The molecule has 8 nitrogen and oxygen atoms in total. The van der Waals surface area contributed by atoms with Crippen LogP contribution in [0.1, 0.15) is 35.7 Å². The Labute approximate surface area is 233 Å². The van der Waals surface area contributed by atoms with E-state index in [9.17, 15) is 9.59 Å². The highest BCUT2D eigenvalue weighted by Crippen LogP contribution is 2.42. The fourth-order valence-electron chi connectivity index (χ4n) is 5.47. The second kappa shape index (κ2) is 10.4. The third-order valence-corrected chi connectivity index (χ3v) is 7.50. The van der Waals surface area contributed by atoms with E-state index < -0.39 is 0 Å². The molecule has 4 aromatic rings. The topological polar surface area (TPSA) is 76.0 Å². The molecule has 2 aliphatic rings. The first-order valence-corrected chi connectivity index (χ1v) is 13.4. The van der Waals surface area contributed by atoms with Crippen LogP contribution in [0, 0.1) is 6.92 Å². The molecule has 1 fully saturated rings. The second-order valence-corrected chi connectivity index (χ2v) is 10.3. The predicted molar refractivity (Wildman–Crippen MR) is 155 cm³/mol. The van der Waals surface area contributed by atoms with Crippen LogP contribution in [0.2, 0.25) is 0 Å². The summed E-state index contributed by atoms with van der Waals surface area (Å²) in [6, 6.07) is 24.8. The van der Waals surface area contributed by atoms with Gasteiger partial charge in [0.1, 0.15) is 24.1 Å². The van der Waals surface area contributed by atoms with Crippen molar-refractivity contribution in [3.05, 3.63) is 102 Å². The number of hydrogen-bond donors (Lipinski definition) is 1. The Balaban J connectivity index is 1.34. The maximum atomic E-state index is 14.3. The second-order valence-electron chi connectivity index (χ2n) is 10.3. The van der Waals surface area contributed by atoms with Crippen molar-refractivity contribution in [2.45, 2.75) is 31.8 Å². The lowest BCUT2D eigenvalue weighted by molar-refractivity contribution is -0.119. The van der Waals surface area contributed by atoms with Gasteiger partial charge in [0.2, 0.25) is 5.91 Å². The lowest BCUT2D eigenvalue weighted by Gasteiger charge is -2.39. The maximum absolute atomic E-state index is 14.3. The Morgan fingerprint density at radius 1 is 0.900 bits per heavy atom. The zero-order chi connectivity index (χ0) is 27.8. The minimum atomic E-state index is -0.330. The van der Waals surface area contributed by atoms with E-state index in [0.29, 0.717) is 17.2 Å². The van der Waals surface area contributed by atoms with E-state index in [-0.39, 0.29) is 30.6 Å². The number of rotatable bonds is 7. The average Bonchev–Trinajstić information content (AvgIpc) is 3.69. The molecule has 2 heterocycles. The fourth-order valence-corrected chi connectivity index (χ4v) is 5.47. The van der Waals surface area contributed by atoms with Gasteiger partial charge in [-0.2, -0.15) is 0 Å². The SMILES string of the molecule is COc1cc(NC(=O)N(CC(=O)N2c3ccccc3-n3cccc3C2c2cccc(C)c2)C2CC2)cc(OC)c1. The monoisotopic (exact) mass is 536 g/mol. The summed E-state index contributed by atoms with van der Waals surface area (Å²) in [5, 5.41) is 2.95. The number of carbonyl (C=O) groups is 2. The molecule has 1 aliphatic heterocycles. The first-order valence-electron chi connectivity index (χ1n) is 13.4. The normalized spacial score (nSPS) is 15.6. The molecule has 3 amide bonds. The summed E-state index contributed by atoms with van der Waals surface area (Å²) in [6.07, 6.45) is 3.76. The number of amides is 3. The van der Waals surface area contributed by atoms with Crippen molar-refractivity contribution in [1.82, 2.24) is 9.47 Å². The molecule has 1 atom stereocenters. The molecular weight excluding hydrogens is 504 g/mol. The number of ether oxygens (including phenoxy) is 2. The number of nitrogens with one attached hydrogen (secondary N) is 1. The van der Waals surface area contributed by atoms with Crippen LogP contribution in [0.5, 0.6) is 11.5 Å². The first-order chi connectivity index (χ1) is 19.5. The van der Waals surface area contributed by atoms with E-state index >= 15 is 0 Å². The van der Waals surface area contributed by atoms with Gasteiger partial charge in [0.15, 0.2) is 0 Å². The van der Waals surface area contributed by atoms with Gasteiger partial charge in [-0.3, -0.25) is 9.69 Å². The minimum absolute atomic E-state index is 0.0118. The molecule has 3 aromatic carbocycles. The van der Waals surface area contributed by atoms with Crippen LogP contribution >= 0.6 is 0 Å². The van der Waals surface area contributed by atoms with E-state index in [1.165, 1.54) is 0 Å². The molecule has 0 spiro atoms. The molecule has 40 heavy (non-hydrogen) atoms. The van der Waals surface area contributed by atoms with Crippen LogP contribution < -0.4 is 19.7 Å². The van der Waals surface area contributed by atoms with Gasteiger partial charge in [0.05, 0.1) is 31.3 Å². The Morgan fingerprint density at radius 2 is 1.62 bits per heavy atom. The quantitative estimate of drug-likeness (QED) is 0.317. The van der Waals surface area contributed by atoms with Crippen molar-refractivity contribution in [3.63, 3.8) is 0 Å². The molecule has 0 bridgehead atoms. The number of urea groups is 1. The van der Waals surface area contributed by atoms with Crippen LogP contribution in [0.15, 0.2) is 85.1 Å². The number of hydrogen-bond acceptors (Lipinski definition) is 4. The van der Waals surface area contributed by atoms with Crippen LogP contribution in [0.4, 0.5) is 16.2 Å². The molecule has 6 rings (SSSR count). The number of nitrogens with zero attached hydrogens (tertiary/aromatic N) is 3. The third-order valence-electron chi connectivity index (χ3n) is 7.50. The number of anilines is 2. The number of fused-ring (bicyclic) bond motifs is 3. The van der Waals surface area contributed by atoms with Gasteiger partial charge >= 0.3 is 6.03 Å². The number of carbonyl (C=O) groups excluding carboxylic acids is 2. The zero-order valence-electron chi connectivity index (χ0n) is 22.8. The van der Waals surface area contributed by atoms with E-state index in [2.05, 4.69) is 41.1 Å². The molecule has 1 saturated carbocycles. The van der Waals surface area contributed by atoms with Crippen molar-refractivity contribution in [2.75, 3.05) is 31.0 Å². The van der Waals surface area contributed by atoms with Crippen molar-refractivity contribution >= 4 is 23.3 Å². The predicted octanol–water partition coefficient (Wildman–Crippen LogP) is 5.94. The molecule has 1 N–H and O–H groups in total. The highest BCUT2D eigenvalue weighted by molar-refractivity contribution is 6.01. The number of benzene rings is 3. The molecule has 0 saturated heterocycles. The van der Waals surface area contributed by atoms with Crippen LogP contribution in [0.25, 0.3) is 5.69 Å². The average molecular weight is 537 g/mol. The number of aromatic nitrogens is 1. The highest BCUT2D eigenvalue weighted by Gasteiger charge is 2.40. The molecule has 1 aliphatic carbocycles. The Bertz CT molecular complexity index is 1550. The standard InChI is InChI=1S/C32H32N4O4/c1-21-8-6-9-22(16-21)31-29-12-7-15-34(29)27-10-4-5-11-28(27)36(31)30(37)20-35(24-13-14-24)32(38)33-23-17-25(39-2)19-26(18-23)40-3/h4-12,15-19,24,31H,13-14,20H2,1-3H3,(H,33,38). The maximum Gasteiger partial charge on any atom is 0.322 e. The Kier molecular flexibility index (Phi) is 6.67. The van der Waals surface area contributed by atoms with Gasteiger partial charge in [-0.1, -0.05) is 42.0 Å². The summed E-state index contributed by atoms with van der Waals surface area (Å²) in [6.45, 7) is 2.01. The first kappa shape index (κ1) is 25.6. The third kappa shape index (κ3) is 4.77. The summed E-state index contributed by atoms with van der Waals surface area (Å²) in [7, 11) is 3.13. The van der Waals surface area contributed by atoms with Gasteiger partial charge in [-0.25, -0.2) is 4.79 Å². The zero-order valence-corrected chi connectivity index (χ0v) is 22.8. The number of aryl methyl sites for hydroxylation is 1. The largest absolute Gasteiger partial charge is 0.497 e. The van der Waals surface area contributed by atoms with E-state index in [1.807, 2.05) is 47.5 Å². The lowest BCUT2D eigenvalue weighted by atomic mass is 9.96. The van der Waals surface area contributed by atoms with Gasteiger partial charge in [-0.05, 0) is 49.6 Å².